The number of carbonyl (C=O) groups is 2. The van der Waals surface area contributed by atoms with Gasteiger partial charge in [-0.3, -0.25) is 9.59 Å². The van der Waals surface area contributed by atoms with E-state index >= 15 is 0 Å². The predicted molar refractivity (Wildman–Crippen MR) is 79.2 cm³/mol. The SMILES string of the molecule is CCCC1NC(=O)C(CC(C)C)N(C2CCCC2)C1=O. The fourth-order valence-electron chi connectivity index (χ4n) is 3.56. The van der Waals surface area contributed by atoms with Crippen LogP contribution in [0.3, 0.4) is 0 Å². The lowest BCUT2D eigenvalue weighted by Crippen LogP contribution is -2.65. The Bertz CT molecular complexity index is 361. The predicted octanol–water partition coefficient (Wildman–Crippen LogP) is 2.47. The van der Waals surface area contributed by atoms with Gasteiger partial charge in [0.1, 0.15) is 12.1 Å². The van der Waals surface area contributed by atoms with Crippen LogP contribution >= 0.6 is 0 Å². The van der Waals surface area contributed by atoms with Gasteiger partial charge in [-0.2, -0.15) is 0 Å². The van der Waals surface area contributed by atoms with Gasteiger partial charge >= 0.3 is 0 Å². The largest absolute Gasteiger partial charge is 0.343 e. The van der Waals surface area contributed by atoms with Crippen LogP contribution in [0.2, 0.25) is 0 Å². The lowest BCUT2D eigenvalue weighted by atomic mass is 9.94. The van der Waals surface area contributed by atoms with Crippen molar-refractivity contribution in [1.29, 1.82) is 0 Å². The van der Waals surface area contributed by atoms with Crippen LogP contribution in [-0.4, -0.2) is 34.8 Å². The maximum absolute atomic E-state index is 12.8. The Kier molecular flexibility index (Phi) is 5.06. The molecule has 0 aromatic carbocycles. The van der Waals surface area contributed by atoms with Gasteiger partial charge in [-0.25, -0.2) is 0 Å². The van der Waals surface area contributed by atoms with E-state index in [1.54, 1.807) is 0 Å². The van der Waals surface area contributed by atoms with Crippen molar-refractivity contribution in [3.8, 4) is 0 Å². The standard InChI is InChI=1S/C16H28N2O2/c1-4-7-13-16(20)18(12-8-5-6-9-12)14(10-11(2)3)15(19)17-13/h11-14H,4-10H2,1-3H3,(H,17,19). The minimum absolute atomic E-state index is 0.0589. The Morgan fingerprint density at radius 3 is 2.45 bits per heavy atom. The highest BCUT2D eigenvalue weighted by molar-refractivity contribution is 5.97. The molecule has 2 atom stereocenters. The minimum Gasteiger partial charge on any atom is -0.343 e. The zero-order chi connectivity index (χ0) is 14.7. The van der Waals surface area contributed by atoms with Gasteiger partial charge in [0, 0.05) is 6.04 Å². The molecule has 4 heteroatoms. The van der Waals surface area contributed by atoms with Crippen molar-refractivity contribution >= 4 is 11.8 Å². The first kappa shape index (κ1) is 15.3. The minimum atomic E-state index is -0.295. The molecule has 2 rings (SSSR count). The maximum atomic E-state index is 12.8. The Hall–Kier alpha value is -1.06. The van der Waals surface area contributed by atoms with E-state index in [0.29, 0.717) is 5.92 Å². The molecule has 1 aliphatic carbocycles. The first-order valence-corrected chi connectivity index (χ1v) is 8.17. The van der Waals surface area contributed by atoms with Gasteiger partial charge in [-0.15, -0.1) is 0 Å². The summed E-state index contributed by atoms with van der Waals surface area (Å²) < 4.78 is 0. The summed E-state index contributed by atoms with van der Waals surface area (Å²) >= 11 is 0. The molecule has 2 fully saturated rings. The molecule has 4 nitrogen and oxygen atoms in total. The van der Waals surface area contributed by atoms with E-state index < -0.39 is 0 Å². The molecule has 1 N–H and O–H groups in total. The second-order valence-corrected chi connectivity index (χ2v) is 6.68. The van der Waals surface area contributed by atoms with Gasteiger partial charge in [0.15, 0.2) is 0 Å². The van der Waals surface area contributed by atoms with Crippen molar-refractivity contribution in [3.63, 3.8) is 0 Å². The van der Waals surface area contributed by atoms with Crippen LogP contribution in [0.1, 0.15) is 65.7 Å². The van der Waals surface area contributed by atoms with E-state index in [0.717, 1.165) is 32.1 Å². The van der Waals surface area contributed by atoms with Gasteiger partial charge in [-0.1, -0.05) is 40.0 Å². The molecule has 1 saturated heterocycles. The zero-order valence-corrected chi connectivity index (χ0v) is 13.0. The normalized spacial score (nSPS) is 28.3. The van der Waals surface area contributed by atoms with E-state index in [9.17, 15) is 9.59 Å². The van der Waals surface area contributed by atoms with Crippen LogP contribution in [-0.2, 0) is 9.59 Å². The number of carbonyl (C=O) groups excluding carboxylic acids is 2. The number of hydrogen-bond acceptors (Lipinski definition) is 2. The van der Waals surface area contributed by atoms with Crippen LogP contribution in [0.4, 0.5) is 0 Å². The highest BCUT2D eigenvalue weighted by atomic mass is 16.2. The Balaban J connectivity index is 2.20. The highest BCUT2D eigenvalue weighted by Crippen LogP contribution is 2.30. The average molecular weight is 280 g/mol. The summed E-state index contributed by atoms with van der Waals surface area (Å²) in [5.74, 6) is 0.637. The van der Waals surface area contributed by atoms with E-state index in [-0.39, 0.29) is 29.9 Å². The molecule has 1 aliphatic heterocycles. The fourth-order valence-corrected chi connectivity index (χ4v) is 3.56. The highest BCUT2D eigenvalue weighted by Gasteiger charge is 2.43. The summed E-state index contributed by atoms with van der Waals surface area (Å²) in [6, 6.07) is -0.258. The van der Waals surface area contributed by atoms with Crippen LogP contribution in [0.25, 0.3) is 0 Å². The molecule has 20 heavy (non-hydrogen) atoms. The number of nitrogens with zero attached hydrogens (tertiary/aromatic N) is 1. The van der Waals surface area contributed by atoms with Crippen molar-refractivity contribution in [2.24, 2.45) is 5.92 Å². The van der Waals surface area contributed by atoms with E-state index in [1.807, 2.05) is 4.90 Å². The molecular weight excluding hydrogens is 252 g/mol. The van der Waals surface area contributed by atoms with E-state index in [2.05, 4.69) is 26.1 Å². The molecule has 114 valence electrons. The average Bonchev–Trinajstić information content (AvgIpc) is 2.89. The van der Waals surface area contributed by atoms with E-state index in [4.69, 9.17) is 0 Å². The molecule has 2 aliphatic rings. The third-order valence-corrected chi connectivity index (χ3v) is 4.50. The Morgan fingerprint density at radius 2 is 1.90 bits per heavy atom. The summed E-state index contributed by atoms with van der Waals surface area (Å²) in [6.45, 7) is 6.28. The van der Waals surface area contributed by atoms with Crippen molar-refractivity contribution in [1.82, 2.24) is 10.2 Å². The molecule has 0 radical (unpaired) electrons. The lowest BCUT2D eigenvalue weighted by molar-refractivity contribution is -0.153. The van der Waals surface area contributed by atoms with Crippen LogP contribution in [0, 0.1) is 5.92 Å². The Labute approximate surface area is 122 Å². The Morgan fingerprint density at radius 1 is 1.25 bits per heavy atom. The van der Waals surface area contributed by atoms with Crippen molar-refractivity contribution in [3.05, 3.63) is 0 Å². The lowest BCUT2D eigenvalue weighted by Gasteiger charge is -2.43. The number of rotatable bonds is 5. The molecule has 1 saturated carbocycles. The van der Waals surface area contributed by atoms with Crippen molar-refractivity contribution < 1.29 is 9.59 Å². The van der Waals surface area contributed by atoms with Gasteiger partial charge in [0.25, 0.3) is 0 Å². The molecular formula is C16H28N2O2. The van der Waals surface area contributed by atoms with E-state index in [1.165, 1.54) is 12.8 Å². The number of nitrogens with one attached hydrogen (secondary N) is 1. The molecule has 0 bridgehead atoms. The molecule has 2 unspecified atom stereocenters. The fraction of sp³-hybridized carbons (Fsp3) is 0.875. The number of amides is 2. The third kappa shape index (κ3) is 3.15. The quantitative estimate of drug-likeness (QED) is 0.841. The van der Waals surface area contributed by atoms with Gasteiger partial charge in [0.2, 0.25) is 11.8 Å². The summed E-state index contributed by atoms with van der Waals surface area (Å²) in [6.07, 6.45) is 6.93. The molecule has 0 aromatic heterocycles. The van der Waals surface area contributed by atoms with Crippen LogP contribution in [0.5, 0.6) is 0 Å². The monoisotopic (exact) mass is 280 g/mol. The summed E-state index contributed by atoms with van der Waals surface area (Å²) in [5, 5.41) is 2.95. The number of piperazine rings is 1. The zero-order valence-electron chi connectivity index (χ0n) is 13.0. The van der Waals surface area contributed by atoms with Crippen LogP contribution < -0.4 is 5.32 Å². The first-order valence-electron chi connectivity index (χ1n) is 8.17. The van der Waals surface area contributed by atoms with Gasteiger partial charge in [-0.05, 0) is 31.6 Å². The summed E-state index contributed by atoms with van der Waals surface area (Å²) in [4.78, 5) is 27.1. The van der Waals surface area contributed by atoms with Crippen molar-refractivity contribution in [2.75, 3.05) is 0 Å². The second kappa shape index (κ2) is 6.59. The van der Waals surface area contributed by atoms with Crippen molar-refractivity contribution in [2.45, 2.75) is 83.8 Å². The summed E-state index contributed by atoms with van der Waals surface area (Å²) in [5.41, 5.74) is 0. The van der Waals surface area contributed by atoms with Gasteiger partial charge < -0.3 is 10.2 Å². The number of hydrogen-bond donors (Lipinski definition) is 1. The first-order chi connectivity index (χ1) is 9.54. The summed E-state index contributed by atoms with van der Waals surface area (Å²) in [7, 11) is 0. The molecule has 2 amide bonds. The molecule has 0 aromatic rings. The van der Waals surface area contributed by atoms with Gasteiger partial charge in [0.05, 0.1) is 0 Å². The smallest absolute Gasteiger partial charge is 0.246 e. The second-order valence-electron chi connectivity index (χ2n) is 6.68. The maximum Gasteiger partial charge on any atom is 0.246 e. The topological polar surface area (TPSA) is 49.4 Å². The molecule has 1 heterocycles. The molecule has 0 spiro atoms. The third-order valence-electron chi connectivity index (χ3n) is 4.50. The van der Waals surface area contributed by atoms with Crippen LogP contribution in [0.15, 0.2) is 0 Å².